The van der Waals surface area contributed by atoms with Gasteiger partial charge >= 0.3 is 5.97 Å². The Kier molecular flexibility index (Phi) is 4.17. The topological polar surface area (TPSA) is 80.4 Å². The summed E-state index contributed by atoms with van der Waals surface area (Å²) in [5, 5.41) is 14.0. The number of amides is 1. The van der Waals surface area contributed by atoms with E-state index in [4.69, 9.17) is 0 Å². The van der Waals surface area contributed by atoms with E-state index in [9.17, 15) is 14.7 Å². The molecule has 3 rings (SSSR count). The van der Waals surface area contributed by atoms with Gasteiger partial charge in [-0.15, -0.1) is 0 Å². The lowest BCUT2D eigenvalue weighted by Gasteiger charge is -2.39. The summed E-state index contributed by atoms with van der Waals surface area (Å²) in [7, 11) is 1.92. The number of nitrogens with zero attached hydrogens (tertiary/aromatic N) is 4. The largest absolute Gasteiger partial charge is 0.479 e. The Labute approximate surface area is 140 Å². The third kappa shape index (κ3) is 2.93. The molecule has 1 aliphatic rings. The first kappa shape index (κ1) is 16.3. The predicted octanol–water partition coefficient (Wildman–Crippen LogP) is 1.18. The summed E-state index contributed by atoms with van der Waals surface area (Å²) in [5.41, 5.74) is 0.844. The molecule has 7 nitrogen and oxygen atoms in total. The van der Waals surface area contributed by atoms with Crippen molar-refractivity contribution in [3.05, 3.63) is 42.0 Å². The van der Waals surface area contributed by atoms with Crippen LogP contribution in [-0.2, 0) is 28.6 Å². The van der Waals surface area contributed by atoms with Gasteiger partial charge in [-0.25, -0.2) is 4.79 Å². The molecule has 1 saturated heterocycles. The second-order valence-electron chi connectivity index (χ2n) is 6.54. The first-order valence-electron chi connectivity index (χ1n) is 8.04. The van der Waals surface area contributed by atoms with Gasteiger partial charge in [-0.05, 0) is 24.1 Å². The maximum absolute atomic E-state index is 12.4. The normalized spacial score (nSPS) is 17.0. The highest BCUT2D eigenvalue weighted by Crippen LogP contribution is 2.30. The maximum Gasteiger partial charge on any atom is 0.331 e. The number of carboxylic acids is 1. The quantitative estimate of drug-likeness (QED) is 0.913. The maximum atomic E-state index is 12.4. The number of carbonyl (C=O) groups is 2. The summed E-state index contributed by atoms with van der Waals surface area (Å²) < 4.78 is 3.46. The fourth-order valence-electron chi connectivity index (χ4n) is 3.27. The molecule has 2 aromatic heterocycles. The Balaban J connectivity index is 1.69. The Bertz CT molecular complexity index is 753. The van der Waals surface area contributed by atoms with E-state index in [-0.39, 0.29) is 5.91 Å². The molecule has 3 heterocycles. The van der Waals surface area contributed by atoms with Crippen LogP contribution in [0.25, 0.3) is 0 Å². The van der Waals surface area contributed by atoms with Crippen LogP contribution in [0, 0.1) is 6.92 Å². The fourth-order valence-corrected chi connectivity index (χ4v) is 3.27. The number of aromatic nitrogens is 3. The first-order chi connectivity index (χ1) is 11.4. The van der Waals surface area contributed by atoms with Gasteiger partial charge in [0.1, 0.15) is 0 Å². The molecule has 0 atom stereocenters. The Morgan fingerprint density at radius 1 is 1.29 bits per heavy atom. The van der Waals surface area contributed by atoms with E-state index in [0.29, 0.717) is 32.4 Å². The van der Waals surface area contributed by atoms with E-state index in [1.54, 1.807) is 22.0 Å². The summed E-state index contributed by atoms with van der Waals surface area (Å²) in [6.07, 6.45) is 8.34. The number of rotatable bonds is 4. The van der Waals surface area contributed by atoms with E-state index in [2.05, 4.69) is 5.10 Å². The van der Waals surface area contributed by atoms with E-state index >= 15 is 0 Å². The highest BCUT2D eigenvalue weighted by Gasteiger charge is 2.44. The highest BCUT2D eigenvalue weighted by molar-refractivity contribution is 5.80. The molecule has 0 spiro atoms. The lowest BCUT2D eigenvalue weighted by Crippen LogP contribution is -2.52. The second kappa shape index (κ2) is 6.14. The van der Waals surface area contributed by atoms with Crippen LogP contribution in [0.15, 0.2) is 30.9 Å². The molecule has 1 amide bonds. The molecule has 1 N–H and O–H groups in total. The van der Waals surface area contributed by atoms with E-state index < -0.39 is 11.5 Å². The van der Waals surface area contributed by atoms with Crippen LogP contribution in [0.1, 0.15) is 24.0 Å². The van der Waals surface area contributed by atoms with Gasteiger partial charge < -0.3 is 14.6 Å². The van der Waals surface area contributed by atoms with E-state index in [0.717, 1.165) is 11.1 Å². The van der Waals surface area contributed by atoms with Crippen molar-refractivity contribution in [1.82, 2.24) is 19.2 Å². The number of carboxylic acid groups (broad SMARTS) is 1. The molecule has 2 aromatic rings. The van der Waals surface area contributed by atoms with Crippen molar-refractivity contribution in [3.8, 4) is 0 Å². The van der Waals surface area contributed by atoms with Crippen LogP contribution in [0.2, 0.25) is 0 Å². The van der Waals surface area contributed by atoms with Crippen molar-refractivity contribution in [2.45, 2.75) is 31.7 Å². The van der Waals surface area contributed by atoms with Gasteiger partial charge in [0, 0.05) is 51.6 Å². The van der Waals surface area contributed by atoms with Gasteiger partial charge in [0.2, 0.25) is 5.91 Å². The number of aryl methyl sites for hydroxylation is 2. The van der Waals surface area contributed by atoms with Gasteiger partial charge in [-0.3, -0.25) is 9.48 Å². The molecule has 24 heavy (non-hydrogen) atoms. The molecule has 1 fully saturated rings. The van der Waals surface area contributed by atoms with Crippen molar-refractivity contribution in [2.75, 3.05) is 13.1 Å². The smallest absolute Gasteiger partial charge is 0.331 e. The van der Waals surface area contributed by atoms with Crippen molar-refractivity contribution >= 4 is 11.9 Å². The number of carbonyl (C=O) groups excluding carboxylic acids is 1. The average Bonchev–Trinajstić information content (AvgIpc) is 3.16. The predicted molar refractivity (Wildman–Crippen MR) is 87.5 cm³/mol. The summed E-state index contributed by atoms with van der Waals surface area (Å²) in [6, 6.07) is 1.93. The van der Waals surface area contributed by atoms with Gasteiger partial charge in [0.25, 0.3) is 0 Å². The summed E-state index contributed by atoms with van der Waals surface area (Å²) in [5.74, 6) is -0.849. The first-order valence-corrected chi connectivity index (χ1v) is 8.04. The molecule has 0 aliphatic carbocycles. The Morgan fingerprint density at radius 2 is 2.00 bits per heavy atom. The minimum Gasteiger partial charge on any atom is -0.479 e. The monoisotopic (exact) mass is 330 g/mol. The zero-order valence-corrected chi connectivity index (χ0v) is 14.0. The summed E-state index contributed by atoms with van der Waals surface area (Å²) in [4.78, 5) is 26.1. The number of piperidine rings is 1. The minimum absolute atomic E-state index is 0.0387. The lowest BCUT2D eigenvalue weighted by atomic mass is 9.87. The minimum atomic E-state index is -1.06. The van der Waals surface area contributed by atoms with E-state index in [1.807, 2.05) is 37.0 Å². The zero-order chi connectivity index (χ0) is 17.3. The van der Waals surface area contributed by atoms with Crippen molar-refractivity contribution in [1.29, 1.82) is 0 Å². The van der Waals surface area contributed by atoms with Gasteiger partial charge in [0.15, 0.2) is 5.54 Å². The molecule has 0 saturated carbocycles. The van der Waals surface area contributed by atoms with Gasteiger partial charge in [0.05, 0.1) is 12.6 Å². The second-order valence-corrected chi connectivity index (χ2v) is 6.54. The van der Waals surface area contributed by atoms with Crippen LogP contribution in [0.3, 0.4) is 0 Å². The Hall–Kier alpha value is -2.57. The number of likely N-dealkylation sites (tertiary alicyclic amines) is 1. The number of hydrogen-bond acceptors (Lipinski definition) is 3. The van der Waals surface area contributed by atoms with E-state index in [1.165, 1.54) is 0 Å². The summed E-state index contributed by atoms with van der Waals surface area (Å²) >= 11 is 0. The number of hydrogen-bond donors (Lipinski definition) is 1. The van der Waals surface area contributed by atoms with Crippen molar-refractivity contribution < 1.29 is 14.7 Å². The van der Waals surface area contributed by atoms with Crippen LogP contribution < -0.4 is 0 Å². The van der Waals surface area contributed by atoms with Gasteiger partial charge in [-0.2, -0.15) is 5.10 Å². The SMILES string of the molecule is Cc1cnn(C2(C(=O)O)CCN(C(=O)Cc3ccn(C)c3)CC2)c1. The number of aliphatic carboxylic acids is 1. The molecule has 7 heteroatoms. The van der Waals surface area contributed by atoms with Crippen molar-refractivity contribution in [3.63, 3.8) is 0 Å². The molecular weight excluding hydrogens is 308 g/mol. The van der Waals surface area contributed by atoms with Crippen LogP contribution in [-0.4, -0.2) is 49.3 Å². The summed E-state index contributed by atoms with van der Waals surface area (Å²) in [6.45, 7) is 2.74. The molecule has 0 bridgehead atoms. The van der Waals surface area contributed by atoms with Crippen LogP contribution >= 0.6 is 0 Å². The Morgan fingerprint density at radius 3 is 2.50 bits per heavy atom. The molecule has 1 aliphatic heterocycles. The highest BCUT2D eigenvalue weighted by atomic mass is 16.4. The third-order valence-electron chi connectivity index (χ3n) is 4.74. The molecular formula is C17H22N4O3. The molecule has 0 unspecified atom stereocenters. The third-order valence-corrected chi connectivity index (χ3v) is 4.74. The zero-order valence-electron chi connectivity index (χ0n) is 14.0. The van der Waals surface area contributed by atoms with Crippen LogP contribution in [0.4, 0.5) is 0 Å². The standard InChI is InChI=1S/C17H22N4O3/c1-13-10-18-21(11-13)17(16(23)24)4-7-20(8-5-17)15(22)9-14-3-6-19(2)12-14/h3,6,10-12H,4-5,7-9H2,1-2H3,(H,23,24). The molecule has 0 aromatic carbocycles. The van der Waals surface area contributed by atoms with Crippen molar-refractivity contribution in [2.24, 2.45) is 7.05 Å². The van der Waals surface area contributed by atoms with Gasteiger partial charge in [-0.1, -0.05) is 0 Å². The molecule has 0 radical (unpaired) electrons. The molecule has 128 valence electrons. The van der Waals surface area contributed by atoms with Crippen LogP contribution in [0.5, 0.6) is 0 Å². The lowest BCUT2D eigenvalue weighted by molar-refractivity contribution is -0.153. The fraction of sp³-hybridized carbons (Fsp3) is 0.471. The average molecular weight is 330 g/mol.